The third-order valence-corrected chi connectivity index (χ3v) is 4.14. The molecule has 0 saturated carbocycles. The zero-order valence-electron chi connectivity index (χ0n) is 14.0. The minimum Gasteiger partial charge on any atom is -0.447 e. The number of hydrogen-bond acceptors (Lipinski definition) is 4. The van der Waals surface area contributed by atoms with Crippen molar-refractivity contribution in [1.29, 1.82) is 0 Å². The van der Waals surface area contributed by atoms with Crippen molar-refractivity contribution in [3.63, 3.8) is 0 Å². The highest BCUT2D eigenvalue weighted by Crippen LogP contribution is 2.25. The molecule has 0 radical (unpaired) electrons. The normalized spacial score (nSPS) is 17.9. The van der Waals surface area contributed by atoms with Gasteiger partial charge in [0.2, 0.25) is 0 Å². The Labute approximate surface area is 132 Å². The highest BCUT2D eigenvalue weighted by molar-refractivity contribution is 5.70. The number of nitrogens with two attached hydrogens (primary N) is 1. The minimum absolute atomic E-state index is 0.0860. The summed E-state index contributed by atoms with van der Waals surface area (Å²) in [7, 11) is 0. The predicted molar refractivity (Wildman–Crippen MR) is 90.2 cm³/mol. The number of carbonyl (C=O) groups excluding carboxylic acids is 1. The van der Waals surface area contributed by atoms with Crippen LogP contribution in [-0.4, -0.2) is 36.2 Å². The van der Waals surface area contributed by atoms with E-state index in [-0.39, 0.29) is 18.2 Å². The van der Waals surface area contributed by atoms with Crippen molar-refractivity contribution in [2.24, 2.45) is 0 Å². The Morgan fingerprint density at radius 3 is 2.77 bits per heavy atom. The molecule has 0 aliphatic carbocycles. The van der Waals surface area contributed by atoms with Gasteiger partial charge in [-0.1, -0.05) is 0 Å². The number of nitrogens with one attached hydrogen (secondary N) is 1. The molecule has 122 valence electrons. The fourth-order valence-electron chi connectivity index (χ4n) is 2.78. The van der Waals surface area contributed by atoms with Gasteiger partial charge in [-0.25, -0.2) is 4.79 Å². The van der Waals surface area contributed by atoms with Gasteiger partial charge < -0.3 is 20.7 Å². The molecule has 1 aromatic rings. The van der Waals surface area contributed by atoms with E-state index in [0.717, 1.165) is 30.8 Å². The number of carbonyl (C=O) groups is 1. The van der Waals surface area contributed by atoms with Crippen LogP contribution in [0.15, 0.2) is 12.1 Å². The number of aryl methyl sites for hydroxylation is 2. The molecule has 1 unspecified atom stereocenters. The van der Waals surface area contributed by atoms with E-state index in [2.05, 4.69) is 25.2 Å². The van der Waals surface area contributed by atoms with Crippen LogP contribution in [0, 0.1) is 13.8 Å². The van der Waals surface area contributed by atoms with Crippen LogP contribution in [0.3, 0.4) is 0 Å². The quantitative estimate of drug-likeness (QED) is 0.838. The predicted octanol–water partition coefficient (Wildman–Crippen LogP) is 3.31. The van der Waals surface area contributed by atoms with Crippen molar-refractivity contribution in [3.05, 3.63) is 23.3 Å². The van der Waals surface area contributed by atoms with Crippen molar-refractivity contribution in [3.8, 4) is 0 Å². The molecule has 5 heteroatoms. The number of benzene rings is 1. The van der Waals surface area contributed by atoms with E-state index in [1.807, 2.05) is 24.8 Å². The summed E-state index contributed by atoms with van der Waals surface area (Å²) >= 11 is 0. The van der Waals surface area contributed by atoms with E-state index >= 15 is 0 Å². The van der Waals surface area contributed by atoms with Gasteiger partial charge in [-0.15, -0.1) is 0 Å². The van der Waals surface area contributed by atoms with Crippen molar-refractivity contribution in [1.82, 2.24) is 4.90 Å². The van der Waals surface area contributed by atoms with Crippen LogP contribution in [0.1, 0.15) is 37.8 Å². The van der Waals surface area contributed by atoms with Crippen molar-refractivity contribution in [2.75, 3.05) is 24.1 Å². The number of nitrogen functional groups attached to an aromatic ring is 1. The molecule has 1 fully saturated rings. The van der Waals surface area contributed by atoms with Gasteiger partial charge in [0.15, 0.2) is 0 Å². The van der Waals surface area contributed by atoms with E-state index in [0.29, 0.717) is 6.54 Å². The van der Waals surface area contributed by atoms with Crippen molar-refractivity contribution < 1.29 is 9.53 Å². The number of hydrogen-bond donors (Lipinski definition) is 2. The van der Waals surface area contributed by atoms with Crippen LogP contribution in [0.4, 0.5) is 16.2 Å². The Kier molecular flexibility index (Phi) is 5.16. The van der Waals surface area contributed by atoms with Gasteiger partial charge in [-0.2, -0.15) is 0 Å². The number of likely N-dealkylation sites (tertiary alicyclic amines) is 1. The first-order valence-electron chi connectivity index (χ1n) is 7.96. The number of rotatable bonds is 4. The highest BCUT2D eigenvalue weighted by atomic mass is 16.6. The molecule has 22 heavy (non-hydrogen) atoms. The second-order valence-electron chi connectivity index (χ2n) is 6.33. The molecule has 1 saturated heterocycles. The highest BCUT2D eigenvalue weighted by Gasteiger charge is 2.30. The van der Waals surface area contributed by atoms with Crippen molar-refractivity contribution >= 4 is 17.5 Å². The molecule has 1 amide bonds. The average molecular weight is 305 g/mol. The molecule has 2 rings (SSSR count). The summed E-state index contributed by atoms with van der Waals surface area (Å²) in [5.41, 5.74) is 10.1. The second-order valence-corrected chi connectivity index (χ2v) is 6.33. The second kappa shape index (κ2) is 6.90. The molecule has 1 aromatic carbocycles. The van der Waals surface area contributed by atoms with Crippen molar-refractivity contribution in [2.45, 2.75) is 52.7 Å². The average Bonchev–Trinajstić information content (AvgIpc) is 2.89. The standard InChI is InChI=1S/C17H27N3O2/c1-11(2)22-17(21)20-7-5-6-14(20)10-19-16-9-13(4)12(3)8-15(16)18/h8-9,11,14,19H,5-7,10,18H2,1-4H3. The largest absolute Gasteiger partial charge is 0.447 e. The molecular formula is C17H27N3O2. The number of anilines is 2. The van der Waals surface area contributed by atoms with Crippen LogP contribution in [0.5, 0.6) is 0 Å². The number of nitrogens with zero attached hydrogens (tertiary/aromatic N) is 1. The number of amides is 1. The molecule has 0 bridgehead atoms. The van der Waals surface area contributed by atoms with E-state index in [1.54, 1.807) is 0 Å². The van der Waals surface area contributed by atoms with Crippen LogP contribution in [0.25, 0.3) is 0 Å². The molecular weight excluding hydrogens is 278 g/mol. The monoisotopic (exact) mass is 305 g/mol. The van der Waals surface area contributed by atoms with Gasteiger partial charge in [0.05, 0.1) is 23.5 Å². The van der Waals surface area contributed by atoms with Gasteiger partial charge >= 0.3 is 6.09 Å². The third-order valence-electron chi connectivity index (χ3n) is 4.14. The Balaban J connectivity index is 1.98. The maximum absolute atomic E-state index is 12.1. The Morgan fingerprint density at radius 1 is 1.41 bits per heavy atom. The zero-order chi connectivity index (χ0) is 16.3. The maximum Gasteiger partial charge on any atom is 0.410 e. The van der Waals surface area contributed by atoms with Gasteiger partial charge in [0, 0.05) is 13.1 Å². The minimum atomic E-state index is -0.215. The molecule has 1 heterocycles. The summed E-state index contributed by atoms with van der Waals surface area (Å²) in [6, 6.07) is 4.21. The lowest BCUT2D eigenvalue weighted by Crippen LogP contribution is -2.40. The Morgan fingerprint density at radius 2 is 2.09 bits per heavy atom. The summed E-state index contributed by atoms with van der Waals surface area (Å²) < 4.78 is 5.31. The van der Waals surface area contributed by atoms with Gasteiger partial charge in [-0.3, -0.25) is 0 Å². The summed E-state index contributed by atoms with van der Waals surface area (Å²) in [6.07, 6.45) is 1.71. The van der Waals surface area contributed by atoms with Gasteiger partial charge in [-0.05, 0) is 63.8 Å². The molecule has 0 spiro atoms. The Hall–Kier alpha value is -1.91. The maximum atomic E-state index is 12.1. The summed E-state index contributed by atoms with van der Waals surface area (Å²) in [5, 5.41) is 3.39. The summed E-state index contributed by atoms with van der Waals surface area (Å²) in [4.78, 5) is 13.9. The fourth-order valence-corrected chi connectivity index (χ4v) is 2.78. The molecule has 1 aliphatic heterocycles. The van der Waals surface area contributed by atoms with E-state index in [9.17, 15) is 4.79 Å². The molecule has 3 N–H and O–H groups in total. The van der Waals surface area contributed by atoms with Crippen LogP contribution >= 0.6 is 0 Å². The fraction of sp³-hybridized carbons (Fsp3) is 0.588. The summed E-state index contributed by atoms with van der Waals surface area (Å²) in [5.74, 6) is 0. The molecule has 0 aromatic heterocycles. The third kappa shape index (κ3) is 3.84. The molecule has 1 aliphatic rings. The van der Waals surface area contributed by atoms with Gasteiger partial charge in [0.25, 0.3) is 0 Å². The van der Waals surface area contributed by atoms with Crippen LogP contribution in [-0.2, 0) is 4.74 Å². The lowest BCUT2D eigenvalue weighted by Gasteiger charge is -2.26. The topological polar surface area (TPSA) is 67.6 Å². The first-order chi connectivity index (χ1) is 10.4. The van der Waals surface area contributed by atoms with Crippen LogP contribution < -0.4 is 11.1 Å². The smallest absolute Gasteiger partial charge is 0.410 e. The zero-order valence-corrected chi connectivity index (χ0v) is 14.0. The van der Waals surface area contributed by atoms with E-state index in [4.69, 9.17) is 10.5 Å². The lowest BCUT2D eigenvalue weighted by atomic mass is 10.1. The lowest BCUT2D eigenvalue weighted by molar-refractivity contribution is 0.0746. The van der Waals surface area contributed by atoms with Crippen LogP contribution in [0.2, 0.25) is 0 Å². The van der Waals surface area contributed by atoms with E-state index < -0.39 is 0 Å². The summed E-state index contributed by atoms with van der Waals surface area (Å²) in [6.45, 7) is 9.33. The molecule has 1 atom stereocenters. The van der Waals surface area contributed by atoms with Gasteiger partial charge in [0.1, 0.15) is 0 Å². The first kappa shape index (κ1) is 16.5. The first-order valence-corrected chi connectivity index (χ1v) is 7.96. The Bertz CT molecular complexity index is 543. The molecule has 5 nitrogen and oxygen atoms in total. The van der Waals surface area contributed by atoms with E-state index in [1.165, 1.54) is 11.1 Å². The number of ether oxygens (including phenoxy) is 1. The SMILES string of the molecule is Cc1cc(N)c(NCC2CCCN2C(=O)OC(C)C)cc1C.